The second-order valence-corrected chi connectivity index (χ2v) is 8.11. The van der Waals surface area contributed by atoms with Crippen LogP contribution in [0.3, 0.4) is 0 Å². The van der Waals surface area contributed by atoms with Gasteiger partial charge in [-0.1, -0.05) is 12.1 Å². The van der Waals surface area contributed by atoms with E-state index in [1.54, 1.807) is 25.4 Å². The minimum atomic E-state index is -0.403. The number of nitrogens with zero attached hydrogens (tertiary/aromatic N) is 5. The molecule has 8 nitrogen and oxygen atoms in total. The average Bonchev–Trinajstić information content (AvgIpc) is 3.35. The number of halogens is 1. The Balaban J connectivity index is 1.28. The van der Waals surface area contributed by atoms with Crippen molar-refractivity contribution in [3.8, 4) is 5.88 Å². The predicted molar refractivity (Wildman–Crippen MR) is 111 cm³/mol. The first kappa shape index (κ1) is 19.6. The summed E-state index contributed by atoms with van der Waals surface area (Å²) in [5.74, 6) is 1.85. The molecule has 1 amide bonds. The fraction of sp³-hybridized carbons (Fsp3) is 0.364. The van der Waals surface area contributed by atoms with E-state index >= 15 is 0 Å². The van der Waals surface area contributed by atoms with E-state index in [1.165, 1.54) is 12.1 Å². The van der Waals surface area contributed by atoms with Crippen LogP contribution in [-0.2, 0) is 19.5 Å². The van der Waals surface area contributed by atoms with Crippen molar-refractivity contribution < 1.29 is 13.9 Å². The van der Waals surface area contributed by atoms with Gasteiger partial charge in [0.25, 0.3) is 5.91 Å². The number of carbonyl (C=O) groups excluding carboxylic acids is 1. The van der Waals surface area contributed by atoms with E-state index in [0.29, 0.717) is 29.9 Å². The lowest BCUT2D eigenvalue weighted by Gasteiger charge is -2.25. The summed E-state index contributed by atoms with van der Waals surface area (Å²) in [6.07, 6.45) is 2.51. The number of nitrogens with one attached hydrogen (secondary N) is 1. The van der Waals surface area contributed by atoms with Crippen LogP contribution < -0.4 is 10.1 Å². The molecule has 2 aliphatic heterocycles. The van der Waals surface area contributed by atoms with Crippen LogP contribution in [0.5, 0.6) is 5.88 Å². The topological polar surface area (TPSA) is 85.2 Å². The van der Waals surface area contributed by atoms with Gasteiger partial charge in [-0.15, -0.1) is 10.2 Å². The van der Waals surface area contributed by atoms with E-state index in [2.05, 4.69) is 25.4 Å². The molecule has 1 N–H and O–H groups in total. The number of ether oxygens (including phenoxy) is 1. The molecule has 0 bridgehead atoms. The molecule has 1 saturated heterocycles. The number of carbonyl (C=O) groups is 1. The van der Waals surface area contributed by atoms with Crippen LogP contribution in [0.2, 0.25) is 0 Å². The fourth-order valence-electron chi connectivity index (χ4n) is 4.64. The van der Waals surface area contributed by atoms with Crippen LogP contribution in [0, 0.1) is 17.7 Å². The Labute approximate surface area is 179 Å². The summed E-state index contributed by atoms with van der Waals surface area (Å²) in [5.41, 5.74) is 1.46. The number of pyridine rings is 1. The largest absolute Gasteiger partial charge is 0.481 e. The number of rotatable bonds is 5. The van der Waals surface area contributed by atoms with Crippen LogP contribution in [0.25, 0.3) is 0 Å². The standard InChI is InChI=1S/C22H23FN6O2/c1-31-22-14(4-3-7-24-22)10-28-11-15-8-19-26-27-20(29(19)13-16(15)12-28)21(30)25-18-6-2-5-17(23)9-18/h2-7,9,15-16H,8,10-13H2,1H3,(H,25,30)/t15-,16-/m1/s1. The summed E-state index contributed by atoms with van der Waals surface area (Å²) in [6.45, 7) is 3.35. The number of fused-ring (bicyclic) bond motifs is 2. The molecule has 160 valence electrons. The number of amides is 1. The Morgan fingerprint density at radius 2 is 2.06 bits per heavy atom. The van der Waals surface area contributed by atoms with Gasteiger partial charge in [0.15, 0.2) is 0 Å². The van der Waals surface area contributed by atoms with Crippen molar-refractivity contribution in [1.29, 1.82) is 0 Å². The SMILES string of the molecule is COc1ncccc1CN1C[C@H]2Cc3nnc(C(=O)Nc4cccc(F)c4)n3C[C@H]2C1. The zero-order valence-electron chi connectivity index (χ0n) is 17.2. The molecule has 0 aliphatic carbocycles. The summed E-state index contributed by atoms with van der Waals surface area (Å²) in [7, 11) is 1.64. The van der Waals surface area contributed by atoms with E-state index in [1.807, 2.05) is 16.7 Å². The first-order valence-corrected chi connectivity index (χ1v) is 10.3. The monoisotopic (exact) mass is 422 g/mol. The van der Waals surface area contributed by atoms with Crippen LogP contribution in [0.15, 0.2) is 42.6 Å². The summed E-state index contributed by atoms with van der Waals surface area (Å²) in [5, 5.41) is 11.1. The summed E-state index contributed by atoms with van der Waals surface area (Å²) >= 11 is 0. The number of aromatic nitrogens is 4. The molecule has 9 heteroatoms. The van der Waals surface area contributed by atoms with Gasteiger partial charge < -0.3 is 14.6 Å². The first-order valence-electron chi connectivity index (χ1n) is 10.3. The predicted octanol–water partition coefficient (Wildman–Crippen LogP) is 2.38. The van der Waals surface area contributed by atoms with Crippen LogP contribution in [0.4, 0.5) is 10.1 Å². The number of hydrogen-bond donors (Lipinski definition) is 1. The second kappa shape index (κ2) is 8.07. The zero-order valence-corrected chi connectivity index (χ0v) is 17.2. The molecule has 31 heavy (non-hydrogen) atoms. The highest BCUT2D eigenvalue weighted by Gasteiger charge is 2.39. The highest BCUT2D eigenvalue weighted by Crippen LogP contribution is 2.34. The van der Waals surface area contributed by atoms with Crippen molar-refractivity contribution in [1.82, 2.24) is 24.6 Å². The van der Waals surface area contributed by atoms with Gasteiger partial charge in [-0.25, -0.2) is 9.37 Å². The molecule has 2 aliphatic rings. The maximum atomic E-state index is 13.4. The molecule has 0 saturated carbocycles. The van der Waals surface area contributed by atoms with E-state index in [0.717, 1.165) is 37.4 Å². The normalized spacial score (nSPS) is 20.2. The third-order valence-corrected chi connectivity index (χ3v) is 6.06. The van der Waals surface area contributed by atoms with Crippen LogP contribution in [0.1, 0.15) is 22.0 Å². The average molecular weight is 422 g/mol. The Kier molecular flexibility index (Phi) is 5.11. The molecule has 3 aromatic rings. The third kappa shape index (κ3) is 3.88. The van der Waals surface area contributed by atoms with Gasteiger partial charge in [0, 0.05) is 50.0 Å². The fourth-order valence-corrected chi connectivity index (χ4v) is 4.64. The Morgan fingerprint density at radius 1 is 1.19 bits per heavy atom. The minimum Gasteiger partial charge on any atom is -0.481 e. The Morgan fingerprint density at radius 3 is 2.90 bits per heavy atom. The maximum Gasteiger partial charge on any atom is 0.293 e. The highest BCUT2D eigenvalue weighted by molar-refractivity contribution is 6.01. The van der Waals surface area contributed by atoms with Gasteiger partial charge in [0.05, 0.1) is 7.11 Å². The van der Waals surface area contributed by atoms with Gasteiger partial charge in [-0.3, -0.25) is 9.69 Å². The third-order valence-electron chi connectivity index (χ3n) is 6.06. The van der Waals surface area contributed by atoms with E-state index in [4.69, 9.17) is 4.74 Å². The first-order chi connectivity index (χ1) is 15.1. The molecule has 4 heterocycles. The second-order valence-electron chi connectivity index (χ2n) is 8.11. The molecule has 5 rings (SSSR count). The van der Waals surface area contributed by atoms with Crippen molar-refractivity contribution in [3.05, 3.63) is 65.6 Å². The van der Waals surface area contributed by atoms with Crippen molar-refractivity contribution in [2.45, 2.75) is 19.5 Å². The lowest BCUT2D eigenvalue weighted by Crippen LogP contribution is -2.31. The van der Waals surface area contributed by atoms with Gasteiger partial charge in [-0.2, -0.15) is 0 Å². The molecule has 0 spiro atoms. The molecule has 1 aromatic carbocycles. The van der Waals surface area contributed by atoms with Crippen molar-refractivity contribution in [2.24, 2.45) is 11.8 Å². The summed E-state index contributed by atoms with van der Waals surface area (Å²) < 4.78 is 20.7. The van der Waals surface area contributed by atoms with Crippen LogP contribution >= 0.6 is 0 Å². The van der Waals surface area contributed by atoms with Gasteiger partial charge in [-0.05, 0) is 36.1 Å². The minimum absolute atomic E-state index is 0.269. The number of methoxy groups -OCH3 is 1. The lowest BCUT2D eigenvalue weighted by molar-refractivity contribution is 0.100. The zero-order chi connectivity index (χ0) is 21.4. The van der Waals surface area contributed by atoms with Crippen molar-refractivity contribution in [2.75, 3.05) is 25.5 Å². The smallest absolute Gasteiger partial charge is 0.293 e. The van der Waals surface area contributed by atoms with Gasteiger partial charge in [0.1, 0.15) is 11.6 Å². The summed E-state index contributed by atoms with van der Waals surface area (Å²) in [6, 6.07) is 9.78. The Hall–Kier alpha value is -3.33. The Bertz CT molecular complexity index is 1120. The molecular formula is C22H23FN6O2. The molecule has 1 fully saturated rings. The van der Waals surface area contributed by atoms with Crippen LogP contribution in [-0.4, -0.2) is 50.8 Å². The molecule has 0 radical (unpaired) electrons. The molecule has 2 aromatic heterocycles. The van der Waals surface area contributed by atoms with E-state index in [9.17, 15) is 9.18 Å². The number of hydrogen-bond acceptors (Lipinski definition) is 6. The maximum absolute atomic E-state index is 13.4. The van der Waals surface area contributed by atoms with Gasteiger partial charge in [0.2, 0.25) is 11.7 Å². The lowest BCUT2D eigenvalue weighted by atomic mass is 9.89. The van der Waals surface area contributed by atoms with E-state index < -0.39 is 5.82 Å². The molecule has 2 atom stereocenters. The quantitative estimate of drug-likeness (QED) is 0.680. The number of benzene rings is 1. The number of likely N-dealkylation sites (tertiary alicyclic amines) is 1. The number of anilines is 1. The molecular weight excluding hydrogens is 399 g/mol. The molecule has 0 unspecified atom stereocenters. The van der Waals surface area contributed by atoms with E-state index in [-0.39, 0.29) is 11.7 Å². The van der Waals surface area contributed by atoms with Crippen molar-refractivity contribution in [3.63, 3.8) is 0 Å². The highest BCUT2D eigenvalue weighted by atomic mass is 19.1. The summed E-state index contributed by atoms with van der Waals surface area (Å²) in [4.78, 5) is 19.4. The van der Waals surface area contributed by atoms with Crippen molar-refractivity contribution >= 4 is 11.6 Å². The van der Waals surface area contributed by atoms with Gasteiger partial charge >= 0.3 is 0 Å².